The summed E-state index contributed by atoms with van der Waals surface area (Å²) in [5.41, 5.74) is 3.68. The van der Waals surface area contributed by atoms with Gasteiger partial charge < -0.3 is 5.32 Å². The van der Waals surface area contributed by atoms with Gasteiger partial charge in [0.05, 0.1) is 5.69 Å². The molecular formula is C11H20N4. The maximum atomic E-state index is 4.23. The monoisotopic (exact) mass is 208 g/mol. The van der Waals surface area contributed by atoms with Crippen molar-refractivity contribution in [1.29, 1.82) is 0 Å². The van der Waals surface area contributed by atoms with Gasteiger partial charge in [0.15, 0.2) is 0 Å². The minimum Gasteiger partial charge on any atom is -0.315 e. The van der Waals surface area contributed by atoms with Crippen LogP contribution in [-0.4, -0.2) is 41.3 Å². The molecule has 4 nitrogen and oxygen atoms in total. The molecule has 0 aromatic carbocycles. The highest BCUT2D eigenvalue weighted by Crippen LogP contribution is 2.15. The lowest BCUT2D eigenvalue weighted by molar-refractivity contribution is 0.248. The molecule has 1 aliphatic rings. The first-order valence-electron chi connectivity index (χ1n) is 5.60. The highest BCUT2D eigenvalue weighted by Gasteiger charge is 2.20. The van der Waals surface area contributed by atoms with E-state index in [-0.39, 0.29) is 0 Å². The van der Waals surface area contributed by atoms with E-state index in [0.29, 0.717) is 6.04 Å². The van der Waals surface area contributed by atoms with E-state index in [1.165, 1.54) is 17.7 Å². The number of hydrogen-bond donors (Lipinski definition) is 2. The Hall–Kier alpha value is -0.870. The molecule has 1 aliphatic heterocycles. The third-order valence-corrected chi connectivity index (χ3v) is 3.35. The van der Waals surface area contributed by atoms with Crippen LogP contribution in [0.4, 0.5) is 0 Å². The van der Waals surface area contributed by atoms with Crippen molar-refractivity contribution in [2.24, 2.45) is 0 Å². The normalized spacial score (nSPS) is 21.5. The van der Waals surface area contributed by atoms with Crippen LogP contribution in [0, 0.1) is 13.8 Å². The SMILES string of the molecule is Cc1n[nH]c(C)c1CN(C)C1CCNC1. The number of nitrogens with zero attached hydrogens (tertiary/aromatic N) is 2. The first kappa shape index (κ1) is 10.6. The zero-order chi connectivity index (χ0) is 10.8. The smallest absolute Gasteiger partial charge is 0.0639 e. The molecule has 0 saturated carbocycles. The van der Waals surface area contributed by atoms with Gasteiger partial charge in [-0.2, -0.15) is 5.10 Å². The fraction of sp³-hybridized carbons (Fsp3) is 0.727. The van der Waals surface area contributed by atoms with E-state index in [1.54, 1.807) is 0 Å². The first-order valence-corrected chi connectivity index (χ1v) is 5.60. The van der Waals surface area contributed by atoms with Gasteiger partial charge in [0.2, 0.25) is 0 Å². The average Bonchev–Trinajstić information content (AvgIpc) is 2.82. The maximum Gasteiger partial charge on any atom is 0.0639 e. The summed E-state index contributed by atoms with van der Waals surface area (Å²) in [5.74, 6) is 0. The van der Waals surface area contributed by atoms with Crippen LogP contribution in [0.15, 0.2) is 0 Å². The zero-order valence-corrected chi connectivity index (χ0v) is 9.80. The molecule has 0 bridgehead atoms. The standard InChI is InChI=1S/C11H20N4/c1-8-11(9(2)14-13-8)7-15(3)10-4-5-12-6-10/h10,12H,4-7H2,1-3H3,(H,13,14). The van der Waals surface area contributed by atoms with Crippen molar-refractivity contribution in [2.45, 2.75) is 32.9 Å². The third kappa shape index (κ3) is 2.21. The molecule has 0 radical (unpaired) electrons. The van der Waals surface area contributed by atoms with Gasteiger partial charge in [-0.15, -0.1) is 0 Å². The molecule has 1 fully saturated rings. The van der Waals surface area contributed by atoms with Crippen LogP contribution in [-0.2, 0) is 6.54 Å². The van der Waals surface area contributed by atoms with Crippen molar-refractivity contribution in [3.63, 3.8) is 0 Å². The number of rotatable bonds is 3. The Bertz CT molecular complexity index is 306. The summed E-state index contributed by atoms with van der Waals surface area (Å²) in [6, 6.07) is 0.679. The minimum atomic E-state index is 0.679. The molecular weight excluding hydrogens is 188 g/mol. The summed E-state index contributed by atoms with van der Waals surface area (Å²) >= 11 is 0. The Morgan fingerprint density at radius 2 is 2.27 bits per heavy atom. The fourth-order valence-electron chi connectivity index (χ4n) is 2.20. The summed E-state index contributed by atoms with van der Waals surface area (Å²) in [6.45, 7) is 7.43. The summed E-state index contributed by atoms with van der Waals surface area (Å²) in [5, 5.41) is 10.7. The Balaban J connectivity index is 2.01. The number of likely N-dealkylation sites (N-methyl/N-ethyl adjacent to an activating group) is 1. The van der Waals surface area contributed by atoms with Crippen LogP contribution in [0.5, 0.6) is 0 Å². The lowest BCUT2D eigenvalue weighted by atomic mass is 10.1. The van der Waals surface area contributed by atoms with E-state index in [1.807, 2.05) is 0 Å². The predicted molar refractivity (Wildman–Crippen MR) is 60.8 cm³/mol. The number of nitrogens with one attached hydrogen (secondary N) is 2. The van der Waals surface area contributed by atoms with E-state index >= 15 is 0 Å². The average molecular weight is 208 g/mol. The molecule has 1 aromatic heterocycles. The third-order valence-electron chi connectivity index (χ3n) is 3.35. The van der Waals surface area contributed by atoms with Crippen LogP contribution < -0.4 is 5.32 Å². The second kappa shape index (κ2) is 4.33. The highest BCUT2D eigenvalue weighted by atomic mass is 15.2. The lowest BCUT2D eigenvalue weighted by Gasteiger charge is -2.23. The van der Waals surface area contributed by atoms with Gasteiger partial charge in [-0.25, -0.2) is 0 Å². The van der Waals surface area contributed by atoms with Gasteiger partial charge in [-0.1, -0.05) is 0 Å². The first-order chi connectivity index (χ1) is 7.18. The Kier molecular flexibility index (Phi) is 3.07. The topological polar surface area (TPSA) is 44.0 Å². The largest absolute Gasteiger partial charge is 0.315 e. The predicted octanol–water partition coefficient (Wildman–Crippen LogP) is 0.820. The molecule has 1 aromatic rings. The molecule has 1 unspecified atom stereocenters. The molecule has 2 N–H and O–H groups in total. The molecule has 15 heavy (non-hydrogen) atoms. The Morgan fingerprint density at radius 1 is 1.47 bits per heavy atom. The number of hydrogen-bond acceptors (Lipinski definition) is 3. The van der Waals surface area contributed by atoms with E-state index < -0.39 is 0 Å². The molecule has 4 heteroatoms. The van der Waals surface area contributed by atoms with Crippen LogP contribution in [0.3, 0.4) is 0 Å². The van der Waals surface area contributed by atoms with Crippen molar-refractivity contribution >= 4 is 0 Å². The maximum absolute atomic E-state index is 4.23. The van der Waals surface area contributed by atoms with Crippen LogP contribution >= 0.6 is 0 Å². The number of aromatic nitrogens is 2. The molecule has 1 atom stereocenters. The van der Waals surface area contributed by atoms with E-state index in [2.05, 4.69) is 41.3 Å². The van der Waals surface area contributed by atoms with Gasteiger partial charge in [-0.3, -0.25) is 10.00 Å². The van der Waals surface area contributed by atoms with Gasteiger partial charge in [0.25, 0.3) is 0 Å². The molecule has 84 valence electrons. The molecule has 0 amide bonds. The van der Waals surface area contributed by atoms with Crippen molar-refractivity contribution < 1.29 is 0 Å². The van der Waals surface area contributed by atoms with Gasteiger partial charge in [0, 0.05) is 30.4 Å². The van der Waals surface area contributed by atoms with E-state index in [9.17, 15) is 0 Å². The Labute approximate surface area is 91.1 Å². The summed E-state index contributed by atoms with van der Waals surface area (Å²) in [4.78, 5) is 2.42. The second-order valence-corrected chi connectivity index (χ2v) is 4.47. The quantitative estimate of drug-likeness (QED) is 0.773. The highest BCUT2D eigenvalue weighted by molar-refractivity contribution is 5.22. The van der Waals surface area contributed by atoms with Crippen LogP contribution in [0.1, 0.15) is 23.4 Å². The van der Waals surface area contributed by atoms with Crippen molar-refractivity contribution in [3.05, 3.63) is 17.0 Å². The number of aryl methyl sites for hydroxylation is 2. The number of aromatic amines is 1. The zero-order valence-electron chi connectivity index (χ0n) is 9.80. The molecule has 2 rings (SSSR count). The molecule has 1 saturated heterocycles. The molecule has 0 aliphatic carbocycles. The summed E-state index contributed by atoms with van der Waals surface area (Å²) in [6.07, 6.45) is 1.26. The summed E-state index contributed by atoms with van der Waals surface area (Å²) < 4.78 is 0. The fourth-order valence-corrected chi connectivity index (χ4v) is 2.20. The second-order valence-electron chi connectivity index (χ2n) is 4.47. The van der Waals surface area contributed by atoms with Gasteiger partial charge >= 0.3 is 0 Å². The molecule has 2 heterocycles. The van der Waals surface area contributed by atoms with E-state index in [0.717, 1.165) is 25.3 Å². The number of H-pyrrole nitrogens is 1. The van der Waals surface area contributed by atoms with Gasteiger partial charge in [-0.05, 0) is 33.9 Å². The van der Waals surface area contributed by atoms with Crippen molar-refractivity contribution in [1.82, 2.24) is 20.4 Å². The van der Waals surface area contributed by atoms with E-state index in [4.69, 9.17) is 0 Å². The Morgan fingerprint density at radius 3 is 2.80 bits per heavy atom. The van der Waals surface area contributed by atoms with Crippen molar-refractivity contribution in [3.8, 4) is 0 Å². The van der Waals surface area contributed by atoms with Crippen molar-refractivity contribution in [2.75, 3.05) is 20.1 Å². The summed E-state index contributed by atoms with van der Waals surface area (Å²) in [7, 11) is 2.20. The minimum absolute atomic E-state index is 0.679. The molecule has 0 spiro atoms. The van der Waals surface area contributed by atoms with Crippen LogP contribution in [0.25, 0.3) is 0 Å². The lowest BCUT2D eigenvalue weighted by Crippen LogP contribution is -2.33. The van der Waals surface area contributed by atoms with Crippen LogP contribution in [0.2, 0.25) is 0 Å². The van der Waals surface area contributed by atoms with Gasteiger partial charge in [0.1, 0.15) is 0 Å².